The molecule has 1 N–H and O–H groups in total. The summed E-state index contributed by atoms with van der Waals surface area (Å²) in [6.45, 7) is 0.0220. The van der Waals surface area contributed by atoms with Crippen molar-refractivity contribution in [2.45, 2.75) is 36.9 Å². The van der Waals surface area contributed by atoms with Crippen molar-refractivity contribution in [2.24, 2.45) is 0 Å². The summed E-state index contributed by atoms with van der Waals surface area (Å²) >= 11 is 0. The molecule has 1 atom stereocenters. The molecule has 0 aromatic rings. The fourth-order valence-electron chi connectivity index (χ4n) is 1.40. The van der Waals surface area contributed by atoms with Crippen molar-refractivity contribution in [3.05, 3.63) is 0 Å². The molecule has 1 saturated heterocycles. The first-order chi connectivity index (χ1) is 6.61. The van der Waals surface area contributed by atoms with Gasteiger partial charge in [-0.25, -0.2) is 0 Å². The van der Waals surface area contributed by atoms with Gasteiger partial charge in [0.25, 0.3) is 0 Å². The Labute approximate surface area is 92.8 Å². The van der Waals surface area contributed by atoms with Gasteiger partial charge in [0, 0.05) is 0 Å². The highest BCUT2D eigenvalue weighted by Gasteiger charge is 2.75. The van der Waals surface area contributed by atoms with Crippen molar-refractivity contribution in [2.75, 3.05) is 6.54 Å². The summed E-state index contributed by atoms with van der Waals surface area (Å²) in [6, 6.07) is -2.12. The van der Waals surface area contributed by atoms with E-state index in [1.807, 2.05) is 5.32 Å². The highest BCUT2D eigenvalue weighted by Crippen LogP contribution is 2.49. The zero-order chi connectivity index (χ0) is 11.9. The van der Waals surface area contributed by atoms with Gasteiger partial charge in [-0.15, -0.1) is 12.4 Å². The molecule has 0 aromatic carbocycles. The Morgan fingerprint density at radius 1 is 0.938 bits per heavy atom. The minimum atomic E-state index is -6.24. The third-order valence-electron chi connectivity index (χ3n) is 2.27. The predicted molar refractivity (Wildman–Crippen MR) is 44.2 cm³/mol. The molecular formula is C7H9ClF7N. The second-order valence-corrected chi connectivity index (χ2v) is 3.34. The first-order valence-electron chi connectivity index (χ1n) is 4.16. The lowest BCUT2D eigenvalue weighted by Gasteiger charge is -2.32. The van der Waals surface area contributed by atoms with E-state index in [1.165, 1.54) is 0 Å². The molecule has 1 heterocycles. The van der Waals surface area contributed by atoms with Crippen molar-refractivity contribution in [3.63, 3.8) is 0 Å². The van der Waals surface area contributed by atoms with Gasteiger partial charge in [-0.2, -0.15) is 30.7 Å². The van der Waals surface area contributed by atoms with E-state index < -0.39 is 30.5 Å². The second kappa shape index (κ2) is 4.56. The zero-order valence-corrected chi connectivity index (χ0v) is 8.57. The van der Waals surface area contributed by atoms with Crippen LogP contribution in [0, 0.1) is 0 Å². The van der Waals surface area contributed by atoms with Crippen LogP contribution in [0.4, 0.5) is 30.7 Å². The lowest BCUT2D eigenvalue weighted by atomic mass is 10.0. The van der Waals surface area contributed by atoms with Crippen molar-refractivity contribution >= 4 is 12.4 Å². The van der Waals surface area contributed by atoms with Gasteiger partial charge in [-0.05, 0) is 19.4 Å². The Morgan fingerprint density at radius 3 is 1.75 bits per heavy atom. The summed E-state index contributed by atoms with van der Waals surface area (Å²) < 4.78 is 85.8. The van der Waals surface area contributed by atoms with E-state index in [9.17, 15) is 30.7 Å². The molecule has 0 saturated carbocycles. The fourth-order valence-corrected chi connectivity index (χ4v) is 1.40. The summed E-state index contributed by atoms with van der Waals surface area (Å²) in [5, 5.41) is 1.95. The molecular weight excluding hydrogens is 267 g/mol. The topological polar surface area (TPSA) is 12.0 Å². The average molecular weight is 276 g/mol. The standard InChI is InChI=1S/C7H8F7N.ClH/c8-5(9,4-2-1-3-15-4)6(10,11)7(12,13)14;/h4,15H,1-3H2;1H/t4-;/m0./s1. The number of nitrogens with one attached hydrogen (secondary N) is 1. The minimum absolute atomic E-state index is 0. The Balaban J connectivity index is 0.00000225. The van der Waals surface area contributed by atoms with Crippen LogP contribution >= 0.6 is 12.4 Å². The summed E-state index contributed by atoms with van der Waals surface area (Å²) in [6.07, 6.45) is -6.46. The molecule has 0 bridgehead atoms. The molecule has 1 nitrogen and oxygen atoms in total. The zero-order valence-electron chi connectivity index (χ0n) is 7.75. The number of hydrogen-bond acceptors (Lipinski definition) is 1. The van der Waals surface area contributed by atoms with Crippen LogP contribution in [0.15, 0.2) is 0 Å². The van der Waals surface area contributed by atoms with Crippen LogP contribution in [0.5, 0.6) is 0 Å². The largest absolute Gasteiger partial charge is 0.459 e. The van der Waals surface area contributed by atoms with E-state index in [0.29, 0.717) is 0 Å². The highest BCUT2D eigenvalue weighted by atomic mass is 35.5. The first kappa shape index (κ1) is 15.8. The van der Waals surface area contributed by atoms with Gasteiger partial charge < -0.3 is 5.32 Å². The maximum Gasteiger partial charge on any atom is 0.459 e. The summed E-state index contributed by atoms with van der Waals surface area (Å²) in [5.74, 6) is -11.1. The fraction of sp³-hybridized carbons (Fsp3) is 1.00. The van der Waals surface area contributed by atoms with Gasteiger partial charge in [0.2, 0.25) is 0 Å². The number of alkyl halides is 7. The van der Waals surface area contributed by atoms with Gasteiger partial charge in [-0.1, -0.05) is 0 Å². The molecule has 1 fully saturated rings. The van der Waals surface area contributed by atoms with E-state index in [1.54, 1.807) is 0 Å². The quantitative estimate of drug-likeness (QED) is 0.764. The number of hydrogen-bond donors (Lipinski definition) is 1. The van der Waals surface area contributed by atoms with Crippen LogP contribution in [0.25, 0.3) is 0 Å². The molecule has 0 aromatic heterocycles. The molecule has 0 radical (unpaired) electrons. The summed E-state index contributed by atoms with van der Waals surface area (Å²) in [7, 11) is 0. The molecule has 0 unspecified atom stereocenters. The molecule has 0 spiro atoms. The van der Waals surface area contributed by atoms with E-state index >= 15 is 0 Å². The maximum absolute atomic E-state index is 12.9. The highest BCUT2D eigenvalue weighted by molar-refractivity contribution is 5.85. The predicted octanol–water partition coefficient (Wildman–Crippen LogP) is 2.99. The molecule has 16 heavy (non-hydrogen) atoms. The van der Waals surface area contributed by atoms with Gasteiger partial charge in [-0.3, -0.25) is 0 Å². The summed E-state index contributed by atoms with van der Waals surface area (Å²) in [4.78, 5) is 0. The third-order valence-corrected chi connectivity index (χ3v) is 2.27. The maximum atomic E-state index is 12.9. The van der Waals surface area contributed by atoms with Crippen LogP contribution in [0.1, 0.15) is 12.8 Å². The molecule has 9 heteroatoms. The van der Waals surface area contributed by atoms with Crippen LogP contribution in [-0.4, -0.2) is 30.6 Å². The smallest absolute Gasteiger partial charge is 0.308 e. The van der Waals surface area contributed by atoms with Crippen molar-refractivity contribution in [3.8, 4) is 0 Å². The molecule has 1 aliphatic rings. The van der Waals surface area contributed by atoms with Gasteiger partial charge in [0.05, 0.1) is 6.04 Å². The van der Waals surface area contributed by atoms with Crippen LogP contribution in [-0.2, 0) is 0 Å². The average Bonchev–Trinajstić information content (AvgIpc) is 2.53. The first-order valence-corrected chi connectivity index (χ1v) is 4.16. The Kier molecular flexibility index (Phi) is 4.49. The lowest BCUT2D eigenvalue weighted by molar-refractivity contribution is -0.359. The normalized spacial score (nSPS) is 23.1. The molecule has 0 amide bonds. The van der Waals surface area contributed by atoms with Gasteiger partial charge in [0.15, 0.2) is 0 Å². The Morgan fingerprint density at radius 2 is 1.44 bits per heavy atom. The van der Waals surface area contributed by atoms with Crippen LogP contribution < -0.4 is 5.32 Å². The lowest BCUT2D eigenvalue weighted by Crippen LogP contribution is -2.60. The second-order valence-electron chi connectivity index (χ2n) is 3.34. The van der Waals surface area contributed by atoms with Gasteiger partial charge >= 0.3 is 18.0 Å². The minimum Gasteiger partial charge on any atom is -0.308 e. The van der Waals surface area contributed by atoms with E-state index in [4.69, 9.17) is 0 Å². The molecule has 98 valence electrons. The molecule has 0 aliphatic carbocycles. The van der Waals surface area contributed by atoms with Crippen molar-refractivity contribution in [1.29, 1.82) is 0 Å². The SMILES string of the molecule is Cl.FC(F)(F)C(F)(F)C(F)(F)[C@@H]1CCCN1. The van der Waals surface area contributed by atoms with E-state index in [-0.39, 0.29) is 25.4 Å². The Hall–Kier alpha value is -0.240. The number of halogens is 8. The van der Waals surface area contributed by atoms with E-state index in [0.717, 1.165) is 0 Å². The van der Waals surface area contributed by atoms with Gasteiger partial charge in [0.1, 0.15) is 0 Å². The Bertz CT molecular complexity index is 233. The van der Waals surface area contributed by atoms with Crippen LogP contribution in [0.3, 0.4) is 0 Å². The molecule has 1 rings (SSSR count). The van der Waals surface area contributed by atoms with E-state index in [2.05, 4.69) is 0 Å². The summed E-state index contributed by atoms with van der Waals surface area (Å²) in [5.41, 5.74) is 0. The van der Waals surface area contributed by atoms with Crippen molar-refractivity contribution in [1.82, 2.24) is 5.32 Å². The number of rotatable bonds is 2. The van der Waals surface area contributed by atoms with Crippen LogP contribution in [0.2, 0.25) is 0 Å². The van der Waals surface area contributed by atoms with Crippen molar-refractivity contribution < 1.29 is 30.7 Å². The monoisotopic (exact) mass is 275 g/mol. The third kappa shape index (κ3) is 2.37. The molecule has 1 aliphatic heterocycles.